The van der Waals surface area contributed by atoms with Crippen LogP contribution in [0.15, 0.2) is 12.3 Å². The summed E-state index contributed by atoms with van der Waals surface area (Å²) in [4.78, 5) is 22.5. The number of alkyl halides is 3. The van der Waals surface area contributed by atoms with Gasteiger partial charge in [-0.05, 0) is 18.9 Å². The molecule has 1 N–H and O–H groups in total. The van der Waals surface area contributed by atoms with Gasteiger partial charge in [0.25, 0.3) is 0 Å². The SMILES string of the molecule is O=C(C1CCN(c2ncc(C(F)(F)F)cc2Cl)CC1)N1CCN(CCO)CC1. The number of halogens is 4. The molecule has 1 aromatic heterocycles. The number of aromatic nitrogens is 1. The predicted molar refractivity (Wildman–Crippen MR) is 99.3 cm³/mol. The Bertz CT molecular complexity index is 688. The smallest absolute Gasteiger partial charge is 0.395 e. The van der Waals surface area contributed by atoms with Crippen LogP contribution in [0.5, 0.6) is 0 Å². The van der Waals surface area contributed by atoms with E-state index in [4.69, 9.17) is 16.7 Å². The summed E-state index contributed by atoms with van der Waals surface area (Å²) in [6.45, 7) is 4.63. The first kappa shape index (κ1) is 21.1. The summed E-state index contributed by atoms with van der Waals surface area (Å²) < 4.78 is 38.3. The number of piperazine rings is 1. The predicted octanol–water partition coefficient (Wildman–Crippen LogP) is 2.11. The zero-order chi connectivity index (χ0) is 20.3. The summed E-state index contributed by atoms with van der Waals surface area (Å²) >= 11 is 6.03. The van der Waals surface area contributed by atoms with Crippen molar-refractivity contribution >= 4 is 23.3 Å². The third-order valence-electron chi connectivity index (χ3n) is 5.39. The van der Waals surface area contributed by atoms with Gasteiger partial charge in [0.2, 0.25) is 5.91 Å². The molecule has 0 unspecified atom stereocenters. The first-order valence-corrected chi connectivity index (χ1v) is 9.77. The number of carbonyl (C=O) groups is 1. The normalized spacial score (nSPS) is 19.9. The first-order valence-electron chi connectivity index (χ1n) is 9.39. The fourth-order valence-electron chi connectivity index (χ4n) is 3.75. The van der Waals surface area contributed by atoms with Gasteiger partial charge in [0, 0.05) is 57.9 Å². The number of pyridine rings is 1. The van der Waals surface area contributed by atoms with Crippen molar-refractivity contribution in [3.63, 3.8) is 0 Å². The average Bonchev–Trinajstić information content (AvgIpc) is 2.68. The summed E-state index contributed by atoms with van der Waals surface area (Å²) in [6.07, 6.45) is -2.44. The summed E-state index contributed by atoms with van der Waals surface area (Å²) in [5.74, 6) is 0.377. The number of anilines is 1. The summed E-state index contributed by atoms with van der Waals surface area (Å²) in [5.41, 5.74) is -0.869. The molecule has 0 aliphatic carbocycles. The second-order valence-electron chi connectivity index (χ2n) is 7.18. The fraction of sp³-hybridized carbons (Fsp3) is 0.667. The highest BCUT2D eigenvalue weighted by Gasteiger charge is 2.34. The number of aliphatic hydroxyl groups excluding tert-OH is 1. The number of aliphatic hydroxyl groups is 1. The van der Waals surface area contributed by atoms with Gasteiger partial charge in [-0.2, -0.15) is 13.2 Å². The lowest BCUT2D eigenvalue weighted by atomic mass is 9.95. The van der Waals surface area contributed by atoms with Gasteiger partial charge in [0.05, 0.1) is 17.2 Å². The molecule has 0 bridgehead atoms. The largest absolute Gasteiger partial charge is 0.417 e. The number of β-amino-alcohol motifs (C(OH)–C–C–N with tert-alkyl or cyclic N) is 1. The van der Waals surface area contributed by atoms with Crippen LogP contribution >= 0.6 is 11.6 Å². The molecule has 1 amide bonds. The maximum Gasteiger partial charge on any atom is 0.417 e. The minimum Gasteiger partial charge on any atom is -0.395 e. The summed E-state index contributed by atoms with van der Waals surface area (Å²) in [7, 11) is 0. The number of amides is 1. The molecule has 0 saturated carbocycles. The van der Waals surface area contributed by atoms with Crippen LogP contribution in [0.2, 0.25) is 5.02 Å². The van der Waals surface area contributed by atoms with E-state index in [1.165, 1.54) is 0 Å². The lowest BCUT2D eigenvalue weighted by Crippen LogP contribution is -2.52. The van der Waals surface area contributed by atoms with Gasteiger partial charge in [0.15, 0.2) is 0 Å². The molecule has 2 aliphatic heterocycles. The molecule has 156 valence electrons. The van der Waals surface area contributed by atoms with Crippen molar-refractivity contribution in [1.82, 2.24) is 14.8 Å². The van der Waals surface area contributed by atoms with E-state index in [0.29, 0.717) is 51.4 Å². The molecule has 28 heavy (non-hydrogen) atoms. The van der Waals surface area contributed by atoms with E-state index in [2.05, 4.69) is 9.88 Å². The van der Waals surface area contributed by atoms with Crippen LogP contribution in [-0.4, -0.2) is 78.2 Å². The van der Waals surface area contributed by atoms with Crippen LogP contribution in [0.4, 0.5) is 19.0 Å². The minimum atomic E-state index is -4.48. The Labute approximate surface area is 166 Å². The monoisotopic (exact) mass is 420 g/mol. The van der Waals surface area contributed by atoms with Crippen molar-refractivity contribution in [2.45, 2.75) is 19.0 Å². The van der Waals surface area contributed by atoms with E-state index < -0.39 is 11.7 Å². The van der Waals surface area contributed by atoms with Gasteiger partial charge in [-0.3, -0.25) is 9.69 Å². The van der Waals surface area contributed by atoms with Crippen molar-refractivity contribution in [2.24, 2.45) is 5.92 Å². The fourth-order valence-corrected chi connectivity index (χ4v) is 4.03. The Morgan fingerprint density at radius 1 is 1.18 bits per heavy atom. The Morgan fingerprint density at radius 2 is 1.82 bits per heavy atom. The highest BCUT2D eigenvalue weighted by molar-refractivity contribution is 6.33. The van der Waals surface area contributed by atoms with Gasteiger partial charge >= 0.3 is 6.18 Å². The van der Waals surface area contributed by atoms with Crippen LogP contribution in [-0.2, 0) is 11.0 Å². The number of hydrogen-bond donors (Lipinski definition) is 1. The van der Waals surface area contributed by atoms with Crippen LogP contribution in [0.25, 0.3) is 0 Å². The number of rotatable bonds is 4. The van der Waals surface area contributed by atoms with Gasteiger partial charge in [-0.15, -0.1) is 0 Å². The molecule has 10 heteroatoms. The Morgan fingerprint density at radius 3 is 2.36 bits per heavy atom. The van der Waals surface area contributed by atoms with Gasteiger partial charge < -0.3 is 14.9 Å². The lowest BCUT2D eigenvalue weighted by molar-refractivity contribution is -0.138. The van der Waals surface area contributed by atoms with E-state index in [0.717, 1.165) is 25.4 Å². The number of nitrogens with zero attached hydrogens (tertiary/aromatic N) is 4. The topological polar surface area (TPSA) is 59.9 Å². The van der Waals surface area contributed by atoms with Crippen molar-refractivity contribution in [1.29, 1.82) is 0 Å². The minimum absolute atomic E-state index is 0.0281. The van der Waals surface area contributed by atoms with Crippen molar-refractivity contribution in [3.05, 3.63) is 22.8 Å². The maximum atomic E-state index is 12.8. The van der Waals surface area contributed by atoms with Crippen molar-refractivity contribution in [2.75, 3.05) is 57.3 Å². The molecule has 2 aliphatic rings. The van der Waals surface area contributed by atoms with E-state index in [9.17, 15) is 18.0 Å². The molecule has 0 aromatic carbocycles. The molecule has 3 rings (SSSR count). The average molecular weight is 421 g/mol. The summed E-state index contributed by atoms with van der Waals surface area (Å²) in [5, 5.41) is 8.97. The Kier molecular flexibility index (Phi) is 6.67. The summed E-state index contributed by atoms with van der Waals surface area (Å²) in [6, 6.07) is 0.896. The van der Waals surface area contributed by atoms with E-state index >= 15 is 0 Å². The van der Waals surface area contributed by atoms with Crippen molar-refractivity contribution in [3.8, 4) is 0 Å². The Balaban J connectivity index is 1.54. The van der Waals surface area contributed by atoms with Crippen LogP contribution in [0.1, 0.15) is 18.4 Å². The quantitative estimate of drug-likeness (QED) is 0.808. The molecule has 3 heterocycles. The van der Waals surface area contributed by atoms with E-state index in [1.807, 2.05) is 9.80 Å². The molecule has 2 fully saturated rings. The molecule has 0 spiro atoms. The molecule has 0 radical (unpaired) electrons. The highest BCUT2D eigenvalue weighted by Crippen LogP contribution is 2.34. The van der Waals surface area contributed by atoms with Crippen LogP contribution in [0.3, 0.4) is 0 Å². The van der Waals surface area contributed by atoms with Gasteiger partial charge in [0.1, 0.15) is 5.82 Å². The lowest BCUT2D eigenvalue weighted by Gasteiger charge is -2.38. The first-order chi connectivity index (χ1) is 13.3. The Hall–Kier alpha value is -1.58. The van der Waals surface area contributed by atoms with Crippen molar-refractivity contribution < 1.29 is 23.1 Å². The van der Waals surface area contributed by atoms with E-state index in [-0.39, 0.29) is 23.5 Å². The molecule has 1 aromatic rings. The molecule has 6 nitrogen and oxygen atoms in total. The second-order valence-corrected chi connectivity index (χ2v) is 7.59. The highest BCUT2D eigenvalue weighted by atomic mass is 35.5. The number of hydrogen-bond acceptors (Lipinski definition) is 5. The van der Waals surface area contributed by atoms with Gasteiger partial charge in [-0.1, -0.05) is 11.6 Å². The molecule has 2 saturated heterocycles. The molecular weight excluding hydrogens is 397 g/mol. The third kappa shape index (κ3) is 4.87. The second kappa shape index (κ2) is 8.84. The van der Waals surface area contributed by atoms with E-state index in [1.54, 1.807) is 0 Å². The van der Waals surface area contributed by atoms with Gasteiger partial charge in [-0.25, -0.2) is 4.98 Å². The maximum absolute atomic E-state index is 12.8. The number of piperidine rings is 1. The molecule has 0 atom stereocenters. The zero-order valence-electron chi connectivity index (χ0n) is 15.5. The third-order valence-corrected chi connectivity index (χ3v) is 5.67. The van der Waals surface area contributed by atoms with Crippen LogP contribution in [0, 0.1) is 5.92 Å². The van der Waals surface area contributed by atoms with Crippen LogP contribution < -0.4 is 4.90 Å². The zero-order valence-corrected chi connectivity index (χ0v) is 16.2. The number of carbonyl (C=O) groups excluding carboxylic acids is 1. The standard InChI is InChI=1S/C18H24ClF3N4O2/c19-15-11-14(18(20,21)22)12-23-16(15)25-3-1-13(2-4-25)17(28)26-7-5-24(6-8-26)9-10-27/h11-13,27H,1-10H2. The molecular formula is C18H24ClF3N4O2.